The van der Waals surface area contributed by atoms with Crippen molar-refractivity contribution in [3.8, 4) is 17.2 Å². The molecule has 1 N–H and O–H groups in total. The van der Waals surface area contributed by atoms with E-state index in [2.05, 4.69) is 21.2 Å². The summed E-state index contributed by atoms with van der Waals surface area (Å²) in [5.41, 5.74) is 1.51. The fraction of sp³-hybridized carbons (Fsp3) is 0.273. The number of allylic oxidation sites excluding steroid dienone is 1. The topological polar surface area (TPSA) is 86.3 Å². The third kappa shape index (κ3) is 4.32. The van der Waals surface area contributed by atoms with Crippen LogP contribution in [0.2, 0.25) is 0 Å². The van der Waals surface area contributed by atoms with E-state index >= 15 is 0 Å². The molecule has 31 heavy (non-hydrogen) atoms. The number of carbonyl (C=O) groups is 2. The van der Waals surface area contributed by atoms with Crippen LogP contribution in [0.1, 0.15) is 18.5 Å². The lowest BCUT2D eigenvalue weighted by Crippen LogP contribution is -2.46. The van der Waals surface area contributed by atoms with Crippen molar-refractivity contribution in [1.82, 2.24) is 10.2 Å². The van der Waals surface area contributed by atoms with Gasteiger partial charge in [0.2, 0.25) is 6.79 Å². The average molecular weight is 489 g/mol. The van der Waals surface area contributed by atoms with E-state index in [1.165, 1.54) is 4.90 Å². The van der Waals surface area contributed by atoms with Crippen molar-refractivity contribution < 1.29 is 28.5 Å². The minimum Gasteiger partial charge on any atom is -0.490 e. The predicted molar refractivity (Wildman–Crippen MR) is 115 cm³/mol. The van der Waals surface area contributed by atoms with Crippen LogP contribution >= 0.6 is 15.9 Å². The number of urea groups is 1. The minimum absolute atomic E-state index is 0.0667. The second-order valence-corrected chi connectivity index (χ2v) is 7.82. The minimum atomic E-state index is -0.713. The standard InChI is InChI=1S/C22H21BrN2O6/c1-13-19(21(26)29-9-8-28-14-6-4-3-5-7-14)20(24-22(27)25(13)2)15-10-17-18(11-16(15)23)31-12-30-17/h3-7,10-11,20H,8-9,12H2,1-2H3,(H,24,27)/t20-/m0/s1. The Morgan fingerprint density at radius 3 is 2.65 bits per heavy atom. The number of amides is 2. The molecule has 0 aromatic heterocycles. The van der Waals surface area contributed by atoms with Gasteiger partial charge in [-0.1, -0.05) is 34.1 Å². The Kier molecular flexibility index (Phi) is 6.03. The number of hydrogen-bond donors (Lipinski definition) is 1. The summed E-state index contributed by atoms with van der Waals surface area (Å²) in [6, 6.07) is 11.8. The number of halogens is 1. The van der Waals surface area contributed by atoms with Crippen molar-refractivity contribution >= 4 is 27.9 Å². The molecule has 0 spiro atoms. The molecule has 0 fully saturated rings. The van der Waals surface area contributed by atoms with Crippen molar-refractivity contribution in [1.29, 1.82) is 0 Å². The molecule has 162 valence electrons. The van der Waals surface area contributed by atoms with Gasteiger partial charge < -0.3 is 29.2 Å². The molecule has 0 saturated heterocycles. The summed E-state index contributed by atoms with van der Waals surface area (Å²) in [6.45, 7) is 2.11. The summed E-state index contributed by atoms with van der Waals surface area (Å²) in [4.78, 5) is 26.9. The van der Waals surface area contributed by atoms with Gasteiger partial charge >= 0.3 is 12.0 Å². The molecule has 0 saturated carbocycles. The van der Waals surface area contributed by atoms with Gasteiger partial charge in [-0.25, -0.2) is 9.59 Å². The van der Waals surface area contributed by atoms with E-state index in [1.54, 1.807) is 26.1 Å². The van der Waals surface area contributed by atoms with Crippen LogP contribution in [0, 0.1) is 0 Å². The summed E-state index contributed by atoms with van der Waals surface area (Å²) in [5, 5.41) is 2.86. The number of ether oxygens (including phenoxy) is 4. The summed E-state index contributed by atoms with van der Waals surface area (Å²) in [5.74, 6) is 1.31. The number of fused-ring (bicyclic) bond motifs is 1. The van der Waals surface area contributed by atoms with Crippen LogP contribution < -0.4 is 19.5 Å². The zero-order valence-corrected chi connectivity index (χ0v) is 18.6. The lowest BCUT2D eigenvalue weighted by atomic mass is 9.94. The maximum atomic E-state index is 13.0. The molecule has 2 aromatic carbocycles. The number of rotatable bonds is 6. The molecule has 4 rings (SSSR count). The number of para-hydroxylation sites is 1. The zero-order valence-electron chi connectivity index (χ0n) is 17.0. The molecule has 0 aliphatic carbocycles. The van der Waals surface area contributed by atoms with Crippen molar-refractivity contribution in [2.75, 3.05) is 27.1 Å². The lowest BCUT2D eigenvalue weighted by Gasteiger charge is -2.33. The van der Waals surface area contributed by atoms with Crippen LogP contribution in [0.3, 0.4) is 0 Å². The van der Waals surface area contributed by atoms with Gasteiger partial charge in [0.25, 0.3) is 0 Å². The highest BCUT2D eigenvalue weighted by molar-refractivity contribution is 9.10. The number of nitrogens with zero attached hydrogens (tertiary/aromatic N) is 1. The van der Waals surface area contributed by atoms with E-state index in [0.717, 1.165) is 0 Å². The molecule has 2 amide bonds. The first kappa shape index (κ1) is 21.0. The zero-order chi connectivity index (χ0) is 22.0. The highest BCUT2D eigenvalue weighted by Crippen LogP contribution is 2.42. The van der Waals surface area contributed by atoms with E-state index < -0.39 is 12.0 Å². The van der Waals surface area contributed by atoms with Gasteiger partial charge in [-0.05, 0) is 36.8 Å². The second kappa shape index (κ2) is 8.89. The predicted octanol–water partition coefficient (Wildman–Crippen LogP) is 3.77. The first-order valence-corrected chi connectivity index (χ1v) is 10.4. The summed E-state index contributed by atoms with van der Waals surface area (Å²) in [7, 11) is 1.60. The van der Waals surface area contributed by atoms with Crippen LogP contribution in [0.4, 0.5) is 4.79 Å². The van der Waals surface area contributed by atoms with E-state index in [1.807, 2.05) is 30.3 Å². The van der Waals surface area contributed by atoms with Crippen LogP contribution in [-0.4, -0.2) is 44.0 Å². The van der Waals surface area contributed by atoms with Crippen molar-refractivity contribution in [2.45, 2.75) is 13.0 Å². The van der Waals surface area contributed by atoms with Crippen LogP contribution in [0.5, 0.6) is 17.2 Å². The Hall–Kier alpha value is -3.20. The molecule has 2 heterocycles. The smallest absolute Gasteiger partial charge is 0.338 e. The number of nitrogens with one attached hydrogen (secondary N) is 1. The first-order chi connectivity index (χ1) is 15.0. The Bertz CT molecular complexity index is 1040. The van der Waals surface area contributed by atoms with Crippen molar-refractivity contribution in [2.24, 2.45) is 0 Å². The summed E-state index contributed by atoms with van der Waals surface area (Å²) >= 11 is 3.51. The highest BCUT2D eigenvalue weighted by atomic mass is 79.9. The third-order valence-corrected chi connectivity index (χ3v) is 5.79. The summed E-state index contributed by atoms with van der Waals surface area (Å²) < 4.78 is 22.6. The summed E-state index contributed by atoms with van der Waals surface area (Å²) in [6.07, 6.45) is 0. The molecule has 2 aliphatic heterocycles. The molecule has 2 aliphatic rings. The SMILES string of the molecule is CC1=C(C(=O)OCCOc2ccccc2)[C@H](c2cc3c(cc2Br)OCO3)NC(=O)N1C. The maximum Gasteiger partial charge on any atom is 0.338 e. The molecule has 8 nitrogen and oxygen atoms in total. The quantitative estimate of drug-likeness (QED) is 0.491. The number of carbonyl (C=O) groups excluding carboxylic acids is 2. The molecule has 0 bridgehead atoms. The monoisotopic (exact) mass is 488 g/mol. The van der Waals surface area contributed by atoms with Crippen LogP contribution in [-0.2, 0) is 9.53 Å². The van der Waals surface area contributed by atoms with Gasteiger partial charge in [0, 0.05) is 17.2 Å². The number of esters is 1. The van der Waals surface area contributed by atoms with Gasteiger partial charge in [0.1, 0.15) is 19.0 Å². The highest BCUT2D eigenvalue weighted by Gasteiger charge is 2.37. The lowest BCUT2D eigenvalue weighted by molar-refractivity contribution is -0.140. The van der Waals surface area contributed by atoms with E-state index in [9.17, 15) is 9.59 Å². The largest absolute Gasteiger partial charge is 0.490 e. The average Bonchev–Trinajstić information content (AvgIpc) is 3.22. The fourth-order valence-corrected chi connectivity index (χ4v) is 3.93. The molecule has 9 heteroatoms. The van der Waals surface area contributed by atoms with Crippen molar-refractivity contribution in [3.05, 3.63) is 63.8 Å². The van der Waals surface area contributed by atoms with Crippen molar-refractivity contribution in [3.63, 3.8) is 0 Å². The Morgan fingerprint density at radius 2 is 1.90 bits per heavy atom. The second-order valence-electron chi connectivity index (χ2n) is 6.97. The molecule has 0 unspecified atom stereocenters. The third-order valence-electron chi connectivity index (χ3n) is 5.11. The van der Waals surface area contributed by atoms with Gasteiger partial charge in [0.15, 0.2) is 11.5 Å². The Morgan fingerprint density at radius 1 is 1.19 bits per heavy atom. The normalized spacial score (nSPS) is 17.5. The Labute approximate surface area is 187 Å². The number of benzene rings is 2. The van der Waals surface area contributed by atoms with E-state index in [4.69, 9.17) is 18.9 Å². The number of hydrogen-bond acceptors (Lipinski definition) is 6. The van der Waals surface area contributed by atoms with Crippen LogP contribution in [0.15, 0.2) is 58.2 Å². The van der Waals surface area contributed by atoms with Gasteiger partial charge in [-0.15, -0.1) is 0 Å². The first-order valence-electron chi connectivity index (χ1n) is 9.64. The van der Waals surface area contributed by atoms with Crippen LogP contribution in [0.25, 0.3) is 0 Å². The maximum absolute atomic E-state index is 13.0. The van der Waals surface area contributed by atoms with Gasteiger partial charge in [-0.3, -0.25) is 0 Å². The van der Waals surface area contributed by atoms with Gasteiger partial charge in [-0.2, -0.15) is 0 Å². The molecule has 1 atom stereocenters. The molecular formula is C22H21BrN2O6. The molecular weight excluding hydrogens is 468 g/mol. The Balaban J connectivity index is 1.54. The fourth-order valence-electron chi connectivity index (χ4n) is 3.38. The molecule has 0 radical (unpaired) electrons. The van der Waals surface area contributed by atoms with E-state index in [-0.39, 0.29) is 26.0 Å². The van der Waals surface area contributed by atoms with Gasteiger partial charge in [0.05, 0.1) is 11.6 Å². The van der Waals surface area contributed by atoms with E-state index in [0.29, 0.717) is 38.6 Å². The molecule has 2 aromatic rings.